The Morgan fingerprint density at radius 1 is 1.05 bits per heavy atom. The van der Waals surface area contributed by atoms with Crippen LogP contribution >= 0.6 is 0 Å². The highest BCUT2D eigenvalue weighted by Gasteiger charge is 2.38. The van der Waals surface area contributed by atoms with Gasteiger partial charge in [0, 0.05) is 18.5 Å². The molecule has 1 aromatic carbocycles. The summed E-state index contributed by atoms with van der Waals surface area (Å²) >= 11 is 0. The summed E-state index contributed by atoms with van der Waals surface area (Å²) in [5, 5.41) is 1.09. The molecule has 4 heteroatoms. The fourth-order valence-electron chi connectivity index (χ4n) is 3.35. The minimum atomic E-state index is -0.182. The molecule has 22 heavy (non-hydrogen) atoms. The van der Waals surface area contributed by atoms with Crippen LogP contribution in [0.2, 0.25) is 0 Å². The molecule has 0 aliphatic carbocycles. The molecular formula is C18H24N2O2. The van der Waals surface area contributed by atoms with Crippen molar-refractivity contribution in [1.82, 2.24) is 4.98 Å². The number of rotatable bonds is 2. The second-order valence-electron chi connectivity index (χ2n) is 7.21. The first-order valence-corrected chi connectivity index (χ1v) is 7.68. The predicted molar refractivity (Wildman–Crippen MR) is 89.8 cm³/mol. The first-order chi connectivity index (χ1) is 10.3. The van der Waals surface area contributed by atoms with Gasteiger partial charge in [-0.3, -0.25) is 0 Å². The number of nitrogens with zero attached hydrogens (tertiary/aromatic N) is 2. The van der Waals surface area contributed by atoms with E-state index in [1.807, 2.05) is 18.2 Å². The third kappa shape index (κ3) is 3.02. The molecule has 1 aromatic heterocycles. The van der Waals surface area contributed by atoms with Crippen LogP contribution in [0.3, 0.4) is 0 Å². The highest BCUT2D eigenvalue weighted by molar-refractivity contribution is 5.81. The maximum Gasteiger partial charge on any atom is 0.129 e. The molecule has 0 atom stereocenters. The van der Waals surface area contributed by atoms with Gasteiger partial charge in [0.1, 0.15) is 11.6 Å². The lowest BCUT2D eigenvalue weighted by atomic mass is 9.99. The van der Waals surface area contributed by atoms with Gasteiger partial charge in [0.2, 0.25) is 0 Å². The first kappa shape index (κ1) is 15.1. The number of hydrogen-bond acceptors (Lipinski definition) is 4. The maximum atomic E-state index is 6.14. The standard InChI is InChI=1S/C18H24N2O2/c1-17(2)11-20(12-18(3,4)22-17)16-9-6-13-10-14(21-5)7-8-15(13)19-16/h6-10H,11-12H2,1-5H3. The number of anilines is 1. The van der Waals surface area contributed by atoms with Crippen molar-refractivity contribution < 1.29 is 9.47 Å². The van der Waals surface area contributed by atoms with Crippen LogP contribution in [0.1, 0.15) is 27.7 Å². The summed E-state index contributed by atoms with van der Waals surface area (Å²) in [6, 6.07) is 10.2. The third-order valence-electron chi connectivity index (χ3n) is 3.90. The third-order valence-corrected chi connectivity index (χ3v) is 3.90. The van der Waals surface area contributed by atoms with E-state index in [9.17, 15) is 0 Å². The molecule has 1 aliphatic rings. The van der Waals surface area contributed by atoms with E-state index in [1.165, 1.54) is 0 Å². The molecule has 0 amide bonds. The van der Waals surface area contributed by atoms with Gasteiger partial charge in [0.15, 0.2) is 0 Å². The Morgan fingerprint density at radius 2 is 1.73 bits per heavy atom. The smallest absolute Gasteiger partial charge is 0.129 e. The summed E-state index contributed by atoms with van der Waals surface area (Å²) < 4.78 is 11.4. The molecule has 0 N–H and O–H groups in total. The molecule has 1 fully saturated rings. The molecular weight excluding hydrogens is 276 g/mol. The quantitative estimate of drug-likeness (QED) is 0.848. The van der Waals surface area contributed by atoms with Crippen molar-refractivity contribution in [3.63, 3.8) is 0 Å². The molecule has 0 spiro atoms. The van der Waals surface area contributed by atoms with Crippen molar-refractivity contribution >= 4 is 16.7 Å². The van der Waals surface area contributed by atoms with Crippen LogP contribution in [0.25, 0.3) is 10.9 Å². The van der Waals surface area contributed by atoms with E-state index < -0.39 is 0 Å². The minimum Gasteiger partial charge on any atom is -0.497 e. The highest BCUT2D eigenvalue weighted by Crippen LogP contribution is 2.31. The first-order valence-electron chi connectivity index (χ1n) is 7.68. The monoisotopic (exact) mass is 300 g/mol. The van der Waals surface area contributed by atoms with Crippen molar-refractivity contribution in [2.75, 3.05) is 25.1 Å². The summed E-state index contributed by atoms with van der Waals surface area (Å²) in [5.41, 5.74) is 0.622. The Morgan fingerprint density at radius 3 is 2.36 bits per heavy atom. The van der Waals surface area contributed by atoms with Gasteiger partial charge >= 0.3 is 0 Å². The van der Waals surface area contributed by atoms with Crippen LogP contribution in [0.5, 0.6) is 5.75 Å². The van der Waals surface area contributed by atoms with Crippen LogP contribution < -0.4 is 9.64 Å². The Hall–Kier alpha value is -1.81. The fraction of sp³-hybridized carbons (Fsp3) is 0.500. The lowest BCUT2D eigenvalue weighted by molar-refractivity contribution is -0.133. The van der Waals surface area contributed by atoms with Crippen LogP contribution in [0, 0.1) is 0 Å². The largest absolute Gasteiger partial charge is 0.497 e. The zero-order valence-electron chi connectivity index (χ0n) is 14.0. The van der Waals surface area contributed by atoms with E-state index >= 15 is 0 Å². The summed E-state index contributed by atoms with van der Waals surface area (Å²) in [5.74, 6) is 1.86. The molecule has 118 valence electrons. The van der Waals surface area contributed by atoms with E-state index in [2.05, 4.69) is 44.7 Å². The zero-order valence-corrected chi connectivity index (χ0v) is 14.0. The van der Waals surface area contributed by atoms with Crippen molar-refractivity contribution in [3.05, 3.63) is 30.3 Å². The van der Waals surface area contributed by atoms with Gasteiger partial charge in [0.05, 0.1) is 23.8 Å². The summed E-state index contributed by atoms with van der Waals surface area (Å²) in [6.07, 6.45) is 0. The minimum absolute atomic E-state index is 0.182. The van der Waals surface area contributed by atoms with Crippen molar-refractivity contribution in [2.45, 2.75) is 38.9 Å². The zero-order chi connectivity index (χ0) is 16.0. The van der Waals surface area contributed by atoms with Gasteiger partial charge in [0.25, 0.3) is 0 Å². The van der Waals surface area contributed by atoms with Crippen LogP contribution in [0.4, 0.5) is 5.82 Å². The normalized spacial score (nSPS) is 20.1. The lowest BCUT2D eigenvalue weighted by Gasteiger charge is -2.47. The predicted octanol–water partition coefficient (Wildman–Crippen LogP) is 3.64. The molecule has 4 nitrogen and oxygen atoms in total. The Labute approximate surface area is 132 Å². The van der Waals surface area contributed by atoms with Crippen LogP contribution in [-0.2, 0) is 4.74 Å². The van der Waals surface area contributed by atoms with E-state index in [4.69, 9.17) is 14.5 Å². The van der Waals surface area contributed by atoms with Gasteiger partial charge in [-0.15, -0.1) is 0 Å². The van der Waals surface area contributed by atoms with E-state index in [0.29, 0.717) is 0 Å². The fourth-order valence-corrected chi connectivity index (χ4v) is 3.35. The van der Waals surface area contributed by atoms with Crippen molar-refractivity contribution in [2.24, 2.45) is 0 Å². The SMILES string of the molecule is COc1ccc2nc(N3CC(C)(C)OC(C)(C)C3)ccc2c1. The number of aromatic nitrogens is 1. The number of pyridine rings is 1. The number of ether oxygens (including phenoxy) is 2. The topological polar surface area (TPSA) is 34.6 Å². The van der Waals surface area contributed by atoms with Gasteiger partial charge in [-0.25, -0.2) is 4.98 Å². The number of morpholine rings is 1. The second kappa shape index (κ2) is 5.13. The highest BCUT2D eigenvalue weighted by atomic mass is 16.5. The maximum absolute atomic E-state index is 6.14. The van der Waals surface area contributed by atoms with Crippen molar-refractivity contribution in [3.8, 4) is 5.75 Å². The van der Waals surface area contributed by atoms with E-state index in [-0.39, 0.29) is 11.2 Å². The number of fused-ring (bicyclic) bond motifs is 1. The molecule has 0 bridgehead atoms. The number of benzene rings is 1. The molecule has 0 radical (unpaired) electrons. The summed E-state index contributed by atoms with van der Waals surface area (Å²) in [6.45, 7) is 10.2. The summed E-state index contributed by atoms with van der Waals surface area (Å²) in [4.78, 5) is 7.13. The second-order valence-corrected chi connectivity index (χ2v) is 7.21. The van der Waals surface area contributed by atoms with Gasteiger partial charge < -0.3 is 14.4 Å². The molecule has 2 heterocycles. The molecule has 1 saturated heterocycles. The van der Waals surface area contributed by atoms with Crippen molar-refractivity contribution in [1.29, 1.82) is 0 Å². The Bertz CT molecular complexity index is 679. The average molecular weight is 300 g/mol. The number of hydrogen-bond donors (Lipinski definition) is 0. The van der Waals surface area contributed by atoms with Crippen LogP contribution in [-0.4, -0.2) is 36.4 Å². The Balaban J connectivity index is 1.96. The molecule has 1 aliphatic heterocycles. The van der Waals surface area contributed by atoms with E-state index in [0.717, 1.165) is 35.6 Å². The lowest BCUT2D eigenvalue weighted by Crippen LogP contribution is -2.57. The summed E-state index contributed by atoms with van der Waals surface area (Å²) in [7, 11) is 1.68. The van der Waals surface area contributed by atoms with Gasteiger partial charge in [-0.05, 0) is 58.0 Å². The van der Waals surface area contributed by atoms with Gasteiger partial charge in [-0.1, -0.05) is 0 Å². The van der Waals surface area contributed by atoms with Gasteiger partial charge in [-0.2, -0.15) is 0 Å². The molecule has 0 unspecified atom stereocenters. The average Bonchev–Trinajstić information content (AvgIpc) is 2.43. The van der Waals surface area contributed by atoms with E-state index in [1.54, 1.807) is 7.11 Å². The molecule has 3 rings (SSSR count). The molecule has 2 aromatic rings. The Kier molecular flexibility index (Phi) is 3.52. The number of methoxy groups -OCH3 is 1. The molecule has 0 saturated carbocycles. The van der Waals surface area contributed by atoms with Crippen LogP contribution in [0.15, 0.2) is 30.3 Å².